The summed E-state index contributed by atoms with van der Waals surface area (Å²) in [6.45, 7) is 7.05. The Labute approximate surface area is 127 Å². The second-order valence-electron chi connectivity index (χ2n) is 7.61. The summed E-state index contributed by atoms with van der Waals surface area (Å²) in [6.07, 6.45) is 5.60. The summed E-state index contributed by atoms with van der Waals surface area (Å²) in [5, 5.41) is 1.22. The molecule has 1 aliphatic rings. The van der Waals surface area contributed by atoms with Crippen molar-refractivity contribution in [2.24, 2.45) is 17.1 Å². The van der Waals surface area contributed by atoms with E-state index in [4.69, 9.17) is 5.73 Å². The Kier molecular flexibility index (Phi) is 3.75. The molecule has 2 N–H and O–H groups in total. The zero-order chi connectivity index (χ0) is 15.0. The zero-order valence-corrected chi connectivity index (χ0v) is 13.3. The van der Waals surface area contributed by atoms with Crippen molar-refractivity contribution in [1.29, 1.82) is 0 Å². The predicted molar refractivity (Wildman–Crippen MR) is 89.3 cm³/mol. The molecule has 1 aromatic carbocycles. The molecular formula is C19H26N2. The molecule has 1 heterocycles. The quantitative estimate of drug-likeness (QED) is 0.837. The molecule has 112 valence electrons. The highest BCUT2D eigenvalue weighted by Crippen LogP contribution is 2.43. The smallest absolute Gasteiger partial charge is 0.0702 e. The Hall–Kier alpha value is -1.41. The molecule has 0 aliphatic heterocycles. The molecule has 1 saturated carbocycles. The fraction of sp³-hybridized carbons (Fsp3) is 0.526. The van der Waals surface area contributed by atoms with Crippen molar-refractivity contribution >= 4 is 10.9 Å². The molecule has 3 rings (SSSR count). The molecule has 0 saturated heterocycles. The topological polar surface area (TPSA) is 38.9 Å². The first-order valence-electron chi connectivity index (χ1n) is 8.05. The van der Waals surface area contributed by atoms with E-state index in [-0.39, 0.29) is 6.04 Å². The molecule has 2 heteroatoms. The summed E-state index contributed by atoms with van der Waals surface area (Å²) in [4.78, 5) is 4.62. The molecule has 2 nitrogen and oxygen atoms in total. The van der Waals surface area contributed by atoms with E-state index in [1.165, 1.54) is 23.8 Å². The van der Waals surface area contributed by atoms with Crippen LogP contribution in [0.3, 0.4) is 0 Å². The van der Waals surface area contributed by atoms with Gasteiger partial charge < -0.3 is 5.73 Å². The van der Waals surface area contributed by atoms with E-state index in [0.29, 0.717) is 11.3 Å². The number of nitrogens with two attached hydrogens (primary N) is 1. The van der Waals surface area contributed by atoms with Gasteiger partial charge in [-0.15, -0.1) is 0 Å². The Morgan fingerprint density at radius 2 is 1.90 bits per heavy atom. The summed E-state index contributed by atoms with van der Waals surface area (Å²) >= 11 is 0. The Morgan fingerprint density at radius 3 is 2.67 bits per heavy atom. The summed E-state index contributed by atoms with van der Waals surface area (Å²) < 4.78 is 0. The van der Waals surface area contributed by atoms with Crippen molar-refractivity contribution in [3.05, 3.63) is 42.1 Å². The highest BCUT2D eigenvalue weighted by atomic mass is 14.7. The van der Waals surface area contributed by atoms with Gasteiger partial charge in [0.15, 0.2) is 0 Å². The standard InChI is InChI=1S/C19H26N2/c1-19(2,3)15-8-9-17(20)16(11-15)14-10-13-6-4-5-7-18(13)21-12-14/h4-7,10,12,15-17H,8-9,11,20H2,1-3H3. The Morgan fingerprint density at radius 1 is 1.14 bits per heavy atom. The van der Waals surface area contributed by atoms with Gasteiger partial charge in [0.25, 0.3) is 0 Å². The zero-order valence-electron chi connectivity index (χ0n) is 13.3. The van der Waals surface area contributed by atoms with Crippen LogP contribution in [0.5, 0.6) is 0 Å². The van der Waals surface area contributed by atoms with E-state index in [1.807, 2.05) is 12.3 Å². The van der Waals surface area contributed by atoms with Crippen LogP contribution in [-0.2, 0) is 0 Å². The van der Waals surface area contributed by atoms with Crippen LogP contribution in [0.2, 0.25) is 0 Å². The van der Waals surface area contributed by atoms with Crippen LogP contribution < -0.4 is 5.73 Å². The van der Waals surface area contributed by atoms with E-state index < -0.39 is 0 Å². The van der Waals surface area contributed by atoms with Gasteiger partial charge in [-0.25, -0.2) is 0 Å². The van der Waals surface area contributed by atoms with E-state index in [0.717, 1.165) is 17.9 Å². The minimum absolute atomic E-state index is 0.270. The molecule has 0 radical (unpaired) electrons. The minimum Gasteiger partial charge on any atom is -0.327 e. The number of hydrogen-bond donors (Lipinski definition) is 1. The molecule has 3 unspecified atom stereocenters. The number of pyridine rings is 1. The van der Waals surface area contributed by atoms with Crippen LogP contribution in [0.1, 0.15) is 51.5 Å². The van der Waals surface area contributed by atoms with Gasteiger partial charge in [-0.3, -0.25) is 4.98 Å². The first-order chi connectivity index (χ1) is 9.95. The largest absolute Gasteiger partial charge is 0.327 e. The molecule has 0 amide bonds. The second-order valence-corrected chi connectivity index (χ2v) is 7.61. The molecule has 1 aliphatic carbocycles. The first kappa shape index (κ1) is 14.5. The molecule has 21 heavy (non-hydrogen) atoms. The highest BCUT2D eigenvalue weighted by Gasteiger charge is 2.35. The average molecular weight is 282 g/mol. The number of rotatable bonds is 1. The van der Waals surface area contributed by atoms with E-state index in [9.17, 15) is 0 Å². The molecule has 3 atom stereocenters. The third kappa shape index (κ3) is 2.96. The lowest BCUT2D eigenvalue weighted by molar-refractivity contribution is 0.154. The van der Waals surface area contributed by atoms with E-state index in [1.54, 1.807) is 0 Å². The van der Waals surface area contributed by atoms with Gasteiger partial charge in [0.2, 0.25) is 0 Å². The van der Waals surface area contributed by atoms with Gasteiger partial charge in [0, 0.05) is 23.5 Å². The molecular weight excluding hydrogens is 256 g/mol. The fourth-order valence-electron chi connectivity index (χ4n) is 3.65. The van der Waals surface area contributed by atoms with Crippen molar-refractivity contribution in [1.82, 2.24) is 4.98 Å². The fourth-order valence-corrected chi connectivity index (χ4v) is 3.65. The summed E-state index contributed by atoms with van der Waals surface area (Å²) in [7, 11) is 0. The lowest BCUT2D eigenvalue weighted by atomic mass is 9.66. The van der Waals surface area contributed by atoms with Crippen LogP contribution in [0.4, 0.5) is 0 Å². The summed E-state index contributed by atoms with van der Waals surface area (Å²) in [5.41, 5.74) is 9.18. The predicted octanol–water partition coefficient (Wildman–Crippen LogP) is 4.49. The van der Waals surface area contributed by atoms with Gasteiger partial charge in [0.05, 0.1) is 5.52 Å². The first-order valence-corrected chi connectivity index (χ1v) is 8.05. The maximum atomic E-state index is 6.43. The Balaban J connectivity index is 1.92. The molecule has 0 bridgehead atoms. The highest BCUT2D eigenvalue weighted by molar-refractivity contribution is 5.78. The number of aromatic nitrogens is 1. The number of para-hydroxylation sites is 1. The Bertz CT molecular complexity index is 627. The van der Waals surface area contributed by atoms with Crippen molar-refractivity contribution < 1.29 is 0 Å². The normalized spacial score (nSPS) is 27.0. The monoisotopic (exact) mass is 282 g/mol. The van der Waals surface area contributed by atoms with Crippen LogP contribution in [-0.4, -0.2) is 11.0 Å². The second kappa shape index (κ2) is 5.42. The van der Waals surface area contributed by atoms with Gasteiger partial charge in [0.1, 0.15) is 0 Å². The lowest BCUT2D eigenvalue weighted by Crippen LogP contribution is -2.38. The molecule has 1 fully saturated rings. The third-order valence-electron chi connectivity index (χ3n) is 5.17. The third-order valence-corrected chi connectivity index (χ3v) is 5.17. The molecule has 0 spiro atoms. The number of fused-ring (bicyclic) bond motifs is 1. The van der Waals surface area contributed by atoms with Crippen molar-refractivity contribution in [3.8, 4) is 0 Å². The minimum atomic E-state index is 0.270. The number of benzene rings is 1. The van der Waals surface area contributed by atoms with Gasteiger partial charge >= 0.3 is 0 Å². The number of hydrogen-bond acceptors (Lipinski definition) is 2. The van der Waals surface area contributed by atoms with E-state index in [2.05, 4.69) is 50.0 Å². The summed E-state index contributed by atoms with van der Waals surface area (Å²) in [5.74, 6) is 1.19. The lowest BCUT2D eigenvalue weighted by Gasteiger charge is -2.40. The van der Waals surface area contributed by atoms with Crippen molar-refractivity contribution in [2.45, 2.75) is 52.0 Å². The van der Waals surface area contributed by atoms with Crippen LogP contribution in [0, 0.1) is 11.3 Å². The molecule has 2 aromatic rings. The van der Waals surface area contributed by atoms with Gasteiger partial charge in [-0.1, -0.05) is 39.0 Å². The van der Waals surface area contributed by atoms with E-state index >= 15 is 0 Å². The van der Waals surface area contributed by atoms with Crippen molar-refractivity contribution in [2.75, 3.05) is 0 Å². The van der Waals surface area contributed by atoms with Crippen molar-refractivity contribution in [3.63, 3.8) is 0 Å². The van der Waals surface area contributed by atoms with Gasteiger partial charge in [-0.2, -0.15) is 0 Å². The van der Waals surface area contributed by atoms with Crippen LogP contribution in [0.15, 0.2) is 36.5 Å². The van der Waals surface area contributed by atoms with Crippen LogP contribution >= 0.6 is 0 Å². The van der Waals surface area contributed by atoms with Crippen LogP contribution in [0.25, 0.3) is 10.9 Å². The number of nitrogens with zero attached hydrogens (tertiary/aromatic N) is 1. The van der Waals surface area contributed by atoms with Gasteiger partial charge in [-0.05, 0) is 48.3 Å². The maximum absolute atomic E-state index is 6.43. The molecule has 1 aromatic heterocycles. The summed E-state index contributed by atoms with van der Waals surface area (Å²) in [6, 6.07) is 10.9. The SMILES string of the molecule is CC(C)(C)C1CCC(N)C(c2cnc3ccccc3c2)C1. The average Bonchev–Trinajstić information content (AvgIpc) is 2.46. The maximum Gasteiger partial charge on any atom is 0.0702 e.